The van der Waals surface area contributed by atoms with Crippen LogP contribution in [-0.2, 0) is 11.2 Å². The number of nitrogens with one attached hydrogen (secondary N) is 2. The third-order valence-corrected chi connectivity index (χ3v) is 4.11. The molecule has 1 aromatic heterocycles. The van der Waals surface area contributed by atoms with E-state index >= 15 is 0 Å². The zero-order valence-corrected chi connectivity index (χ0v) is 11.1. The monoisotopic (exact) mass is 252 g/mol. The Bertz CT molecular complexity index is 344. The van der Waals surface area contributed by atoms with Crippen molar-refractivity contribution in [2.24, 2.45) is 5.92 Å². The van der Waals surface area contributed by atoms with Crippen LogP contribution in [0.5, 0.6) is 0 Å². The van der Waals surface area contributed by atoms with Gasteiger partial charge in [-0.1, -0.05) is 0 Å². The van der Waals surface area contributed by atoms with Gasteiger partial charge in [0.1, 0.15) is 0 Å². The smallest absolute Gasteiger partial charge is 0.224 e. The third-order valence-electron chi connectivity index (χ3n) is 3.38. The van der Waals surface area contributed by atoms with E-state index in [2.05, 4.69) is 17.6 Å². The van der Waals surface area contributed by atoms with E-state index in [0.29, 0.717) is 12.3 Å². The predicted molar refractivity (Wildman–Crippen MR) is 71.2 cm³/mol. The second kappa shape index (κ2) is 6.17. The minimum atomic E-state index is 0.140. The van der Waals surface area contributed by atoms with Gasteiger partial charge >= 0.3 is 0 Å². The highest BCUT2D eigenvalue weighted by Gasteiger charge is 2.21. The van der Waals surface area contributed by atoms with E-state index in [4.69, 9.17) is 0 Å². The van der Waals surface area contributed by atoms with Gasteiger partial charge in [0.2, 0.25) is 5.91 Å². The van der Waals surface area contributed by atoms with E-state index in [1.807, 2.05) is 16.8 Å². The molecule has 1 aliphatic rings. The quantitative estimate of drug-likeness (QED) is 0.858. The van der Waals surface area contributed by atoms with Gasteiger partial charge in [-0.3, -0.25) is 4.79 Å². The molecule has 0 saturated carbocycles. The highest BCUT2D eigenvalue weighted by Crippen LogP contribution is 2.14. The molecule has 2 rings (SSSR count). The average molecular weight is 252 g/mol. The molecular weight excluding hydrogens is 232 g/mol. The van der Waals surface area contributed by atoms with E-state index in [1.165, 1.54) is 12.8 Å². The summed E-state index contributed by atoms with van der Waals surface area (Å²) in [6.07, 6.45) is 2.94. The molecule has 2 unspecified atom stereocenters. The molecule has 0 bridgehead atoms. The van der Waals surface area contributed by atoms with Crippen LogP contribution in [0.4, 0.5) is 0 Å². The maximum absolute atomic E-state index is 11.8. The van der Waals surface area contributed by atoms with Crippen LogP contribution in [0.25, 0.3) is 0 Å². The predicted octanol–water partition coefficient (Wildman–Crippen LogP) is 1.79. The molecule has 1 fully saturated rings. The summed E-state index contributed by atoms with van der Waals surface area (Å²) >= 11 is 1.64. The van der Waals surface area contributed by atoms with Crippen molar-refractivity contribution in [3.8, 4) is 0 Å². The van der Waals surface area contributed by atoms with Gasteiger partial charge in [0.05, 0.1) is 6.42 Å². The summed E-state index contributed by atoms with van der Waals surface area (Å²) < 4.78 is 0. The molecule has 0 spiro atoms. The number of carbonyl (C=O) groups is 1. The fraction of sp³-hybridized carbons (Fsp3) is 0.615. The summed E-state index contributed by atoms with van der Waals surface area (Å²) in [6, 6.07) is 2.28. The van der Waals surface area contributed by atoms with Crippen LogP contribution < -0.4 is 10.6 Å². The molecule has 94 valence electrons. The van der Waals surface area contributed by atoms with Crippen LogP contribution >= 0.6 is 11.3 Å². The zero-order chi connectivity index (χ0) is 12.1. The van der Waals surface area contributed by atoms with Crippen LogP contribution in [0.2, 0.25) is 0 Å². The Balaban J connectivity index is 1.77. The van der Waals surface area contributed by atoms with Crippen molar-refractivity contribution in [1.82, 2.24) is 10.6 Å². The maximum atomic E-state index is 11.8. The van der Waals surface area contributed by atoms with Crippen LogP contribution in [0.1, 0.15) is 25.3 Å². The lowest BCUT2D eigenvalue weighted by atomic mass is 9.92. The topological polar surface area (TPSA) is 41.1 Å². The first kappa shape index (κ1) is 12.6. The van der Waals surface area contributed by atoms with Crippen LogP contribution in [-0.4, -0.2) is 25.0 Å². The molecule has 2 N–H and O–H groups in total. The van der Waals surface area contributed by atoms with Gasteiger partial charge in [0.25, 0.3) is 0 Å². The van der Waals surface area contributed by atoms with Gasteiger partial charge in [-0.05, 0) is 61.2 Å². The number of hydrogen-bond acceptors (Lipinski definition) is 3. The van der Waals surface area contributed by atoms with E-state index in [-0.39, 0.29) is 11.9 Å². The van der Waals surface area contributed by atoms with Gasteiger partial charge in [0.15, 0.2) is 0 Å². The maximum Gasteiger partial charge on any atom is 0.224 e. The molecule has 2 atom stereocenters. The largest absolute Gasteiger partial charge is 0.353 e. The lowest BCUT2D eigenvalue weighted by Gasteiger charge is -2.28. The SMILES string of the molecule is CC(NC(=O)Cc1ccsc1)C1CCCNC1. The first-order valence-corrected chi connectivity index (χ1v) is 7.21. The molecule has 0 aliphatic carbocycles. The van der Waals surface area contributed by atoms with E-state index in [0.717, 1.165) is 18.7 Å². The Morgan fingerprint density at radius 2 is 2.59 bits per heavy atom. The van der Waals surface area contributed by atoms with Crippen molar-refractivity contribution in [1.29, 1.82) is 0 Å². The van der Waals surface area contributed by atoms with Crippen molar-refractivity contribution in [3.63, 3.8) is 0 Å². The second-order valence-corrected chi connectivity index (χ2v) is 5.55. The molecule has 0 aromatic carbocycles. The lowest BCUT2D eigenvalue weighted by Crippen LogP contribution is -2.45. The summed E-state index contributed by atoms with van der Waals surface area (Å²) in [4.78, 5) is 11.8. The van der Waals surface area contributed by atoms with Gasteiger partial charge in [-0.2, -0.15) is 11.3 Å². The van der Waals surface area contributed by atoms with E-state index in [9.17, 15) is 4.79 Å². The number of carbonyl (C=O) groups excluding carboxylic acids is 1. The van der Waals surface area contributed by atoms with Crippen LogP contribution in [0, 0.1) is 5.92 Å². The first-order valence-electron chi connectivity index (χ1n) is 6.27. The molecule has 1 saturated heterocycles. The van der Waals surface area contributed by atoms with Crippen LogP contribution in [0.3, 0.4) is 0 Å². The minimum absolute atomic E-state index is 0.140. The molecule has 4 heteroatoms. The Hall–Kier alpha value is -0.870. The Morgan fingerprint density at radius 3 is 3.24 bits per heavy atom. The number of amides is 1. The molecule has 2 heterocycles. The first-order chi connectivity index (χ1) is 8.25. The second-order valence-electron chi connectivity index (χ2n) is 4.77. The van der Waals surface area contributed by atoms with E-state index in [1.54, 1.807) is 11.3 Å². The molecule has 3 nitrogen and oxygen atoms in total. The van der Waals surface area contributed by atoms with Gasteiger partial charge in [-0.15, -0.1) is 0 Å². The fourth-order valence-corrected chi connectivity index (χ4v) is 2.98. The molecule has 1 aromatic rings. The van der Waals surface area contributed by atoms with Crippen molar-refractivity contribution in [3.05, 3.63) is 22.4 Å². The third kappa shape index (κ3) is 3.82. The standard InChI is InChI=1S/C13H20N2OS/c1-10(12-3-2-5-14-8-12)15-13(16)7-11-4-6-17-9-11/h4,6,9-10,12,14H,2-3,5,7-8H2,1H3,(H,15,16). The summed E-state index contributed by atoms with van der Waals surface area (Å²) in [5, 5.41) is 10.5. The number of thiophene rings is 1. The van der Waals surface area contributed by atoms with Crippen molar-refractivity contribution in [2.75, 3.05) is 13.1 Å². The lowest BCUT2D eigenvalue weighted by molar-refractivity contribution is -0.121. The normalized spacial score (nSPS) is 22.1. The van der Waals surface area contributed by atoms with Crippen molar-refractivity contribution < 1.29 is 4.79 Å². The summed E-state index contributed by atoms with van der Waals surface area (Å²) in [6.45, 7) is 4.26. The molecule has 1 aliphatic heterocycles. The van der Waals surface area contributed by atoms with Gasteiger partial charge in [-0.25, -0.2) is 0 Å². The molecular formula is C13H20N2OS. The van der Waals surface area contributed by atoms with Crippen LogP contribution in [0.15, 0.2) is 16.8 Å². The summed E-state index contributed by atoms with van der Waals surface area (Å²) in [5.41, 5.74) is 1.11. The Kier molecular flexibility index (Phi) is 4.57. The Morgan fingerprint density at radius 1 is 1.71 bits per heavy atom. The van der Waals surface area contributed by atoms with E-state index < -0.39 is 0 Å². The molecule has 0 radical (unpaired) electrons. The highest BCUT2D eigenvalue weighted by atomic mass is 32.1. The van der Waals surface area contributed by atoms with Gasteiger partial charge < -0.3 is 10.6 Å². The number of hydrogen-bond donors (Lipinski definition) is 2. The number of piperidine rings is 1. The molecule has 1 amide bonds. The zero-order valence-electron chi connectivity index (χ0n) is 10.2. The van der Waals surface area contributed by atoms with Gasteiger partial charge in [0, 0.05) is 6.04 Å². The highest BCUT2D eigenvalue weighted by molar-refractivity contribution is 7.07. The fourth-order valence-electron chi connectivity index (χ4n) is 2.31. The molecule has 17 heavy (non-hydrogen) atoms. The minimum Gasteiger partial charge on any atom is -0.353 e. The average Bonchev–Trinajstić information content (AvgIpc) is 2.82. The Labute approximate surface area is 107 Å². The van der Waals surface area contributed by atoms with Crippen molar-refractivity contribution in [2.45, 2.75) is 32.2 Å². The van der Waals surface area contributed by atoms with Crippen molar-refractivity contribution >= 4 is 17.2 Å². The number of rotatable bonds is 4. The summed E-state index contributed by atoms with van der Waals surface area (Å²) in [5.74, 6) is 0.719. The summed E-state index contributed by atoms with van der Waals surface area (Å²) in [7, 11) is 0.